The van der Waals surface area contributed by atoms with E-state index >= 15 is 0 Å². The molecule has 2 aromatic heterocycles. The van der Waals surface area contributed by atoms with Crippen LogP contribution < -0.4 is 4.90 Å². The third-order valence-corrected chi connectivity index (χ3v) is 14.4. The van der Waals surface area contributed by atoms with Gasteiger partial charge in [0.1, 0.15) is 0 Å². The van der Waals surface area contributed by atoms with Gasteiger partial charge in [-0.15, -0.1) is 22.7 Å². The Balaban J connectivity index is 1.01. The number of nitrogens with zero attached hydrogens (tertiary/aromatic N) is 1. The quantitative estimate of drug-likeness (QED) is 0.163. The second-order valence-corrected chi connectivity index (χ2v) is 17.4. The van der Waals surface area contributed by atoms with E-state index in [4.69, 9.17) is 0 Å². The van der Waals surface area contributed by atoms with Crippen LogP contribution >= 0.6 is 22.7 Å². The Morgan fingerprint density at radius 1 is 0.328 bits per heavy atom. The molecule has 0 spiro atoms. The molecule has 11 aromatic rings. The van der Waals surface area contributed by atoms with E-state index in [0.717, 1.165) is 17.1 Å². The number of hydrogen-bond donors (Lipinski definition) is 0. The first kappa shape index (κ1) is 33.4. The molecule has 0 unspecified atom stereocenters. The zero-order valence-corrected chi connectivity index (χ0v) is 33.1. The smallest absolute Gasteiger partial charge is 0.0714 e. The predicted octanol–water partition coefficient (Wildman–Crippen LogP) is 15.9. The number of rotatable bonds is 6. The second kappa shape index (κ2) is 13.1. The normalized spacial score (nSPS) is 13.0. The maximum absolute atomic E-state index is 2.45. The van der Waals surface area contributed by atoms with Crippen molar-refractivity contribution >= 4 is 80.1 Å². The lowest BCUT2D eigenvalue weighted by molar-refractivity contribution is 0.768. The van der Waals surface area contributed by atoms with Gasteiger partial charge in [0, 0.05) is 57.4 Å². The van der Waals surface area contributed by atoms with Crippen LogP contribution in [-0.2, 0) is 5.41 Å². The summed E-state index contributed by atoms with van der Waals surface area (Å²) >= 11 is 3.78. The SMILES string of the molecule is c1ccc(N(c2ccc(-c3ccc4sc5ccc6sc7ccccc7c6c5c4c3)cc2)c2ccc3c(c2)C(c2ccccc2)(c2ccccc2)c2ccccc2-3)cc1. The first-order valence-electron chi connectivity index (χ1n) is 19.8. The largest absolute Gasteiger partial charge is 0.310 e. The minimum absolute atomic E-state index is 0.470. The van der Waals surface area contributed by atoms with Crippen molar-refractivity contribution in [1.82, 2.24) is 0 Å². The molecule has 0 saturated heterocycles. The molecule has 0 N–H and O–H groups in total. The molecule has 0 amide bonds. The molecular weight excluding hydrogens is 739 g/mol. The standard InChI is InChI=1S/C55H35NS2/c1-4-14-38(15-5-1)55(39-16-6-2-7-17-39)47-22-12-10-20-43(47)44-30-29-42(35-48(44)55)56(40-18-8-3-9-19-40)41-27-24-36(25-28-41)37-26-31-50-46(34-37)54-52(58-50)33-32-51-53(54)45-21-11-13-23-49(45)57-51/h1-35H. The van der Waals surface area contributed by atoms with Gasteiger partial charge in [0.15, 0.2) is 0 Å². The zero-order chi connectivity index (χ0) is 38.2. The van der Waals surface area contributed by atoms with Gasteiger partial charge < -0.3 is 4.90 Å². The number of hydrogen-bond acceptors (Lipinski definition) is 3. The van der Waals surface area contributed by atoms with Gasteiger partial charge >= 0.3 is 0 Å². The third kappa shape index (κ3) is 4.94. The summed E-state index contributed by atoms with van der Waals surface area (Å²) in [6, 6.07) is 78.5. The van der Waals surface area contributed by atoms with Gasteiger partial charge in [-0.3, -0.25) is 0 Å². The molecule has 1 aliphatic rings. The molecule has 0 fully saturated rings. The van der Waals surface area contributed by atoms with Crippen molar-refractivity contribution in [2.45, 2.75) is 5.41 Å². The molecule has 272 valence electrons. The topological polar surface area (TPSA) is 3.24 Å². The fourth-order valence-electron chi connectivity index (χ4n) is 9.66. The summed E-state index contributed by atoms with van der Waals surface area (Å²) in [4.78, 5) is 2.40. The highest BCUT2D eigenvalue weighted by molar-refractivity contribution is 7.28. The zero-order valence-electron chi connectivity index (χ0n) is 31.5. The minimum Gasteiger partial charge on any atom is -0.310 e. The Kier molecular flexibility index (Phi) is 7.56. The third-order valence-electron chi connectivity index (χ3n) is 12.1. The summed E-state index contributed by atoms with van der Waals surface area (Å²) in [5.41, 5.74) is 13.0. The van der Waals surface area contributed by atoms with Crippen LogP contribution in [0, 0.1) is 0 Å². The van der Waals surface area contributed by atoms with E-state index < -0.39 is 5.41 Å². The van der Waals surface area contributed by atoms with Crippen molar-refractivity contribution in [2.75, 3.05) is 4.90 Å². The van der Waals surface area contributed by atoms with Crippen molar-refractivity contribution in [1.29, 1.82) is 0 Å². The lowest BCUT2D eigenvalue weighted by atomic mass is 9.67. The van der Waals surface area contributed by atoms with Gasteiger partial charge in [0.25, 0.3) is 0 Å². The van der Waals surface area contributed by atoms with E-state index in [9.17, 15) is 0 Å². The second-order valence-electron chi connectivity index (χ2n) is 15.2. The molecule has 0 atom stereocenters. The van der Waals surface area contributed by atoms with E-state index in [0.29, 0.717) is 0 Å². The Labute approximate surface area is 345 Å². The fraction of sp³-hybridized carbons (Fsp3) is 0.0182. The van der Waals surface area contributed by atoms with Gasteiger partial charge in [-0.2, -0.15) is 0 Å². The van der Waals surface area contributed by atoms with Crippen LogP contribution in [0.25, 0.3) is 62.6 Å². The lowest BCUT2D eigenvalue weighted by Gasteiger charge is -2.35. The van der Waals surface area contributed by atoms with Crippen molar-refractivity contribution < 1.29 is 0 Å². The number of benzene rings is 9. The van der Waals surface area contributed by atoms with E-state index in [-0.39, 0.29) is 0 Å². The van der Waals surface area contributed by atoms with Gasteiger partial charge in [-0.25, -0.2) is 0 Å². The summed E-state index contributed by atoms with van der Waals surface area (Å²) in [5.74, 6) is 0. The molecular formula is C55H35NS2. The molecule has 1 aliphatic carbocycles. The molecule has 0 bridgehead atoms. The molecule has 0 saturated carbocycles. The fourth-order valence-corrected chi connectivity index (χ4v) is 11.9. The number of thiophene rings is 2. The van der Waals surface area contributed by atoms with Crippen LogP contribution in [0.2, 0.25) is 0 Å². The summed E-state index contributed by atoms with van der Waals surface area (Å²) < 4.78 is 5.37. The Morgan fingerprint density at radius 2 is 0.845 bits per heavy atom. The summed E-state index contributed by atoms with van der Waals surface area (Å²) in [7, 11) is 0. The molecule has 2 heterocycles. The van der Waals surface area contributed by atoms with Crippen LogP contribution in [0.4, 0.5) is 17.1 Å². The van der Waals surface area contributed by atoms with Crippen molar-refractivity contribution in [3.8, 4) is 22.3 Å². The summed E-state index contributed by atoms with van der Waals surface area (Å²) in [6.45, 7) is 0. The number of para-hydroxylation sites is 1. The maximum Gasteiger partial charge on any atom is 0.0714 e. The average molecular weight is 774 g/mol. The Morgan fingerprint density at radius 3 is 1.57 bits per heavy atom. The minimum atomic E-state index is -0.470. The van der Waals surface area contributed by atoms with Crippen LogP contribution in [0.1, 0.15) is 22.3 Å². The van der Waals surface area contributed by atoms with Gasteiger partial charge in [0.2, 0.25) is 0 Å². The first-order chi connectivity index (χ1) is 28.8. The lowest BCUT2D eigenvalue weighted by Crippen LogP contribution is -2.28. The van der Waals surface area contributed by atoms with Gasteiger partial charge in [0.05, 0.1) is 5.41 Å². The molecule has 1 nitrogen and oxygen atoms in total. The van der Waals surface area contributed by atoms with Crippen LogP contribution in [0.15, 0.2) is 212 Å². The number of fused-ring (bicyclic) bond motifs is 10. The molecule has 0 aliphatic heterocycles. The highest BCUT2D eigenvalue weighted by Gasteiger charge is 2.46. The van der Waals surface area contributed by atoms with E-state index in [2.05, 4.69) is 217 Å². The predicted molar refractivity (Wildman–Crippen MR) is 250 cm³/mol. The Bertz CT molecular complexity index is 3290. The van der Waals surface area contributed by atoms with Crippen molar-refractivity contribution in [3.05, 3.63) is 235 Å². The van der Waals surface area contributed by atoms with E-state index in [1.165, 1.54) is 84.9 Å². The van der Waals surface area contributed by atoms with Gasteiger partial charge in [-0.05, 0) is 111 Å². The summed E-state index contributed by atoms with van der Waals surface area (Å²) in [5, 5.41) is 5.45. The summed E-state index contributed by atoms with van der Waals surface area (Å²) in [6.07, 6.45) is 0. The highest BCUT2D eigenvalue weighted by atomic mass is 32.1. The van der Waals surface area contributed by atoms with Gasteiger partial charge in [-0.1, -0.05) is 146 Å². The first-order valence-corrected chi connectivity index (χ1v) is 21.5. The maximum atomic E-state index is 2.45. The molecule has 0 radical (unpaired) electrons. The van der Waals surface area contributed by atoms with Crippen molar-refractivity contribution in [2.24, 2.45) is 0 Å². The van der Waals surface area contributed by atoms with Crippen molar-refractivity contribution in [3.63, 3.8) is 0 Å². The average Bonchev–Trinajstić information content (AvgIpc) is 3.95. The highest BCUT2D eigenvalue weighted by Crippen LogP contribution is 2.57. The molecule has 9 aromatic carbocycles. The monoisotopic (exact) mass is 773 g/mol. The van der Waals surface area contributed by atoms with Crippen LogP contribution in [0.5, 0.6) is 0 Å². The van der Waals surface area contributed by atoms with E-state index in [1.54, 1.807) is 0 Å². The van der Waals surface area contributed by atoms with Crippen LogP contribution in [0.3, 0.4) is 0 Å². The van der Waals surface area contributed by atoms with E-state index in [1.807, 2.05) is 22.7 Å². The number of anilines is 3. The molecule has 12 rings (SSSR count). The molecule has 3 heteroatoms. The van der Waals surface area contributed by atoms with Crippen LogP contribution in [-0.4, -0.2) is 0 Å². The molecule has 58 heavy (non-hydrogen) atoms. The Hall–Kier alpha value is -6.78.